The molecule has 2 heterocycles. The summed E-state index contributed by atoms with van der Waals surface area (Å²) in [5.74, 6) is 1.05. The van der Waals surface area contributed by atoms with E-state index in [4.69, 9.17) is 24.1 Å². The fourth-order valence-corrected chi connectivity index (χ4v) is 4.99. The van der Waals surface area contributed by atoms with Gasteiger partial charge in [0.05, 0.1) is 21.3 Å². The van der Waals surface area contributed by atoms with E-state index in [1.165, 1.54) is 6.33 Å². The molecule has 2 aliphatic rings. The van der Waals surface area contributed by atoms with Crippen molar-refractivity contribution < 1.29 is 33.6 Å². The number of carbonyl (C=O) groups excluding carboxylic acids is 1. The topological polar surface area (TPSA) is 134 Å². The first kappa shape index (κ1) is 24.2. The second kappa shape index (κ2) is 9.84. The van der Waals surface area contributed by atoms with Crippen molar-refractivity contribution in [1.82, 2.24) is 14.8 Å². The molecule has 3 aromatic rings. The van der Waals surface area contributed by atoms with Gasteiger partial charge in [-0.15, -0.1) is 0 Å². The van der Waals surface area contributed by atoms with Crippen molar-refractivity contribution in [3.05, 3.63) is 65.1 Å². The number of carboxylic acid groups (broad SMARTS) is 1. The maximum absolute atomic E-state index is 13.8. The van der Waals surface area contributed by atoms with Crippen LogP contribution in [0.2, 0.25) is 0 Å². The van der Waals surface area contributed by atoms with Crippen LogP contribution in [0.5, 0.6) is 23.0 Å². The highest BCUT2D eigenvalue weighted by Crippen LogP contribution is 2.48. The van der Waals surface area contributed by atoms with E-state index in [2.05, 4.69) is 15.4 Å². The quantitative estimate of drug-likeness (QED) is 0.469. The zero-order valence-corrected chi connectivity index (χ0v) is 20.6. The Morgan fingerprint density at radius 3 is 2.49 bits per heavy atom. The van der Waals surface area contributed by atoms with Gasteiger partial charge in [0.25, 0.3) is 0 Å². The average Bonchev–Trinajstić information content (AvgIpc) is 3.38. The van der Waals surface area contributed by atoms with Crippen LogP contribution in [0.25, 0.3) is 0 Å². The van der Waals surface area contributed by atoms with E-state index in [0.717, 1.165) is 11.3 Å². The summed E-state index contributed by atoms with van der Waals surface area (Å²) in [4.78, 5) is 29.2. The number of benzene rings is 2. The number of methoxy groups -OCH3 is 3. The van der Waals surface area contributed by atoms with E-state index in [1.807, 2.05) is 24.3 Å². The number of nitrogens with zero attached hydrogens (tertiary/aromatic N) is 3. The molecule has 192 valence electrons. The number of ether oxygens (including phenoxy) is 4. The van der Waals surface area contributed by atoms with Crippen LogP contribution in [0.3, 0.4) is 0 Å². The van der Waals surface area contributed by atoms with Gasteiger partial charge in [0.15, 0.2) is 23.9 Å². The molecule has 37 heavy (non-hydrogen) atoms. The monoisotopic (exact) mass is 506 g/mol. The molecule has 0 fully saturated rings. The maximum Gasteiger partial charge on any atom is 0.341 e. The van der Waals surface area contributed by atoms with Gasteiger partial charge in [0.2, 0.25) is 11.7 Å². The molecule has 1 aliphatic carbocycles. The molecule has 0 saturated carbocycles. The first-order valence-corrected chi connectivity index (χ1v) is 11.6. The Kier molecular flexibility index (Phi) is 6.43. The minimum Gasteiger partial charge on any atom is -0.493 e. The van der Waals surface area contributed by atoms with Crippen molar-refractivity contribution >= 4 is 17.7 Å². The lowest BCUT2D eigenvalue weighted by atomic mass is 9.77. The zero-order chi connectivity index (χ0) is 26.1. The molecule has 1 aliphatic heterocycles. The fraction of sp³-hybridized carbons (Fsp3) is 0.308. The van der Waals surface area contributed by atoms with Crippen molar-refractivity contribution in [3.63, 3.8) is 0 Å². The molecular formula is C26H26N4O7. The number of carbonyl (C=O) groups is 2. The summed E-state index contributed by atoms with van der Waals surface area (Å²) in [5.41, 5.74) is 2.79. The highest BCUT2D eigenvalue weighted by atomic mass is 16.5. The van der Waals surface area contributed by atoms with Crippen LogP contribution in [-0.2, 0) is 9.59 Å². The Morgan fingerprint density at radius 2 is 1.81 bits per heavy atom. The number of nitrogens with one attached hydrogen (secondary N) is 1. The Bertz CT molecular complexity index is 1370. The Hall–Kier alpha value is -4.54. The van der Waals surface area contributed by atoms with Crippen molar-refractivity contribution in [3.8, 4) is 23.0 Å². The molecule has 0 amide bonds. The number of hydrogen-bond donors (Lipinski definition) is 2. The zero-order valence-electron chi connectivity index (χ0n) is 20.6. The summed E-state index contributed by atoms with van der Waals surface area (Å²) in [6.07, 6.45) is 2.19. The third-order valence-electron chi connectivity index (χ3n) is 6.58. The molecule has 1 aromatic heterocycles. The van der Waals surface area contributed by atoms with Crippen LogP contribution in [0.15, 0.2) is 54.0 Å². The van der Waals surface area contributed by atoms with Gasteiger partial charge in [-0.05, 0) is 36.1 Å². The molecule has 11 heteroatoms. The number of Topliss-reactive ketones (excluding diaryl/α,β-unsaturated/α-hetero) is 1. The van der Waals surface area contributed by atoms with Gasteiger partial charge in [0.1, 0.15) is 18.1 Å². The normalized spacial score (nSPS) is 18.4. The molecule has 0 bridgehead atoms. The SMILES string of the molecule is COc1cc([C@@H]2CC(=O)C3=C(C2)Nc2ncnn2[C@H]3c2ccccc2OCC(=O)O)cc(OC)c1OC. The van der Waals surface area contributed by atoms with Gasteiger partial charge < -0.3 is 29.4 Å². The molecule has 0 unspecified atom stereocenters. The summed E-state index contributed by atoms with van der Waals surface area (Å²) in [5, 5.41) is 16.8. The summed E-state index contributed by atoms with van der Waals surface area (Å²) in [6, 6.07) is 10.2. The van der Waals surface area contributed by atoms with E-state index in [9.17, 15) is 9.59 Å². The Morgan fingerprint density at radius 1 is 1.08 bits per heavy atom. The van der Waals surface area contributed by atoms with Crippen LogP contribution in [0.4, 0.5) is 5.95 Å². The first-order chi connectivity index (χ1) is 17.9. The van der Waals surface area contributed by atoms with Crippen LogP contribution >= 0.6 is 0 Å². The smallest absolute Gasteiger partial charge is 0.341 e. The Labute approximate surface area is 212 Å². The lowest BCUT2D eigenvalue weighted by Gasteiger charge is -2.35. The third kappa shape index (κ3) is 4.32. The predicted octanol–water partition coefficient (Wildman–Crippen LogP) is 3.18. The highest BCUT2D eigenvalue weighted by molar-refractivity contribution is 6.00. The summed E-state index contributed by atoms with van der Waals surface area (Å²) >= 11 is 0. The second-order valence-corrected chi connectivity index (χ2v) is 8.66. The van der Waals surface area contributed by atoms with Gasteiger partial charge in [0, 0.05) is 23.3 Å². The minimum absolute atomic E-state index is 0.0633. The molecule has 2 N–H and O–H groups in total. The number of ketones is 1. The van der Waals surface area contributed by atoms with Gasteiger partial charge in [-0.25, -0.2) is 9.48 Å². The lowest BCUT2D eigenvalue weighted by molar-refractivity contribution is -0.139. The molecule has 2 atom stereocenters. The molecule has 0 radical (unpaired) electrons. The van der Waals surface area contributed by atoms with E-state index >= 15 is 0 Å². The predicted molar refractivity (Wildman–Crippen MR) is 131 cm³/mol. The Balaban J connectivity index is 1.57. The van der Waals surface area contributed by atoms with Crippen molar-refractivity contribution in [2.75, 3.05) is 33.3 Å². The molecule has 0 saturated heterocycles. The standard InChI is InChI=1S/C26H26N4O7/c1-34-20-10-15(11-21(35-2)25(20)36-3)14-8-17-23(18(31)9-14)24(30-26(29-17)27-13-28-30)16-6-4-5-7-19(16)37-12-22(32)33/h4-7,10-11,13-14,24H,8-9,12H2,1-3H3,(H,32,33)(H,27,28,29)/t14-,24-/m0/s1. The molecule has 5 rings (SSSR count). The van der Waals surface area contributed by atoms with Crippen molar-refractivity contribution in [1.29, 1.82) is 0 Å². The lowest BCUT2D eigenvalue weighted by Crippen LogP contribution is -2.34. The largest absolute Gasteiger partial charge is 0.493 e. The van der Waals surface area contributed by atoms with Gasteiger partial charge in [-0.1, -0.05) is 18.2 Å². The first-order valence-electron chi connectivity index (χ1n) is 11.6. The van der Waals surface area contributed by atoms with Crippen LogP contribution < -0.4 is 24.3 Å². The van der Waals surface area contributed by atoms with E-state index in [-0.39, 0.29) is 18.1 Å². The summed E-state index contributed by atoms with van der Waals surface area (Å²) < 4.78 is 23.7. The van der Waals surface area contributed by atoms with Crippen molar-refractivity contribution in [2.45, 2.75) is 24.8 Å². The molecular weight excluding hydrogens is 480 g/mol. The number of anilines is 1. The van der Waals surface area contributed by atoms with E-state index in [0.29, 0.717) is 46.5 Å². The van der Waals surface area contributed by atoms with Crippen molar-refractivity contribution in [2.24, 2.45) is 0 Å². The number of para-hydroxylation sites is 1. The van der Waals surface area contributed by atoms with Crippen LogP contribution in [-0.4, -0.2) is 59.6 Å². The number of allylic oxidation sites excluding steroid dienone is 2. The number of aliphatic carboxylic acids is 1. The summed E-state index contributed by atoms with van der Waals surface area (Å²) in [7, 11) is 4.65. The minimum atomic E-state index is -1.09. The second-order valence-electron chi connectivity index (χ2n) is 8.66. The number of fused-ring (bicyclic) bond motifs is 1. The highest BCUT2D eigenvalue weighted by Gasteiger charge is 2.40. The van der Waals surface area contributed by atoms with Crippen LogP contribution in [0.1, 0.15) is 35.9 Å². The summed E-state index contributed by atoms with van der Waals surface area (Å²) in [6.45, 7) is -0.505. The number of hydrogen-bond acceptors (Lipinski definition) is 9. The van der Waals surface area contributed by atoms with Gasteiger partial charge in [-0.3, -0.25) is 4.79 Å². The van der Waals surface area contributed by atoms with Gasteiger partial charge >= 0.3 is 5.97 Å². The maximum atomic E-state index is 13.8. The average molecular weight is 507 g/mol. The number of rotatable bonds is 8. The van der Waals surface area contributed by atoms with E-state index < -0.39 is 18.6 Å². The number of carboxylic acids is 1. The fourth-order valence-electron chi connectivity index (χ4n) is 4.99. The third-order valence-corrected chi connectivity index (χ3v) is 6.58. The van der Waals surface area contributed by atoms with Crippen LogP contribution in [0, 0.1) is 0 Å². The van der Waals surface area contributed by atoms with E-state index in [1.54, 1.807) is 38.1 Å². The molecule has 11 nitrogen and oxygen atoms in total. The van der Waals surface area contributed by atoms with Gasteiger partial charge in [-0.2, -0.15) is 10.1 Å². The molecule has 2 aromatic carbocycles. The molecule has 0 spiro atoms. The number of aromatic nitrogens is 3.